The summed E-state index contributed by atoms with van der Waals surface area (Å²) in [7, 11) is -3.38. The Morgan fingerprint density at radius 3 is 2.27 bits per heavy atom. The van der Waals surface area contributed by atoms with E-state index in [2.05, 4.69) is 10.2 Å². The SMILES string of the molecule is C[C@@H](CCl)NP(=O)(N[C@@H](C)CCl)OCc1ccc([N+](=O)[O-])s1. The van der Waals surface area contributed by atoms with Gasteiger partial charge in [0.2, 0.25) is 0 Å². The fourth-order valence-corrected chi connectivity index (χ4v) is 4.54. The zero-order valence-corrected chi connectivity index (χ0v) is 15.3. The predicted octanol–water partition coefficient (Wildman–Crippen LogP) is 3.71. The minimum Gasteiger partial charge on any atom is -0.300 e. The van der Waals surface area contributed by atoms with Gasteiger partial charge in [-0.05, 0) is 19.9 Å². The van der Waals surface area contributed by atoms with Crippen molar-refractivity contribution in [2.45, 2.75) is 32.5 Å². The maximum atomic E-state index is 12.8. The topological polar surface area (TPSA) is 93.5 Å². The third-order valence-electron chi connectivity index (χ3n) is 2.46. The van der Waals surface area contributed by atoms with Crippen molar-refractivity contribution in [2.24, 2.45) is 0 Å². The summed E-state index contributed by atoms with van der Waals surface area (Å²) in [6.45, 7) is 3.53. The Labute approximate surface area is 143 Å². The van der Waals surface area contributed by atoms with Crippen molar-refractivity contribution in [3.8, 4) is 0 Å². The van der Waals surface area contributed by atoms with Gasteiger partial charge in [-0.25, -0.2) is 10.2 Å². The first-order valence-electron chi connectivity index (χ1n) is 6.45. The average molecular weight is 390 g/mol. The second-order valence-corrected chi connectivity index (χ2v) is 8.33. The molecule has 1 rings (SSSR count). The smallest absolute Gasteiger partial charge is 0.300 e. The van der Waals surface area contributed by atoms with Gasteiger partial charge in [0.25, 0.3) is 0 Å². The van der Waals surface area contributed by atoms with Crippen LogP contribution < -0.4 is 10.2 Å². The number of rotatable bonds is 10. The Morgan fingerprint density at radius 2 is 1.86 bits per heavy atom. The second-order valence-electron chi connectivity index (χ2n) is 4.69. The van der Waals surface area contributed by atoms with Crippen molar-refractivity contribution in [1.29, 1.82) is 0 Å². The van der Waals surface area contributed by atoms with Crippen molar-refractivity contribution in [2.75, 3.05) is 11.8 Å². The molecule has 0 aliphatic rings. The molecule has 0 bridgehead atoms. The zero-order valence-electron chi connectivity index (χ0n) is 12.1. The highest BCUT2D eigenvalue weighted by molar-refractivity contribution is 7.54. The molecule has 0 saturated carbocycles. The summed E-state index contributed by atoms with van der Waals surface area (Å²) < 4.78 is 18.2. The van der Waals surface area contributed by atoms with Crippen LogP contribution in [-0.2, 0) is 15.7 Å². The molecule has 2 N–H and O–H groups in total. The zero-order chi connectivity index (χ0) is 16.8. The molecule has 0 radical (unpaired) electrons. The minimum absolute atomic E-state index is 0.0117. The fraction of sp³-hybridized carbons (Fsp3) is 0.636. The molecule has 0 spiro atoms. The van der Waals surface area contributed by atoms with Crippen LogP contribution in [0, 0.1) is 10.1 Å². The Bertz CT molecular complexity index is 529. The van der Waals surface area contributed by atoms with Crippen LogP contribution in [0.25, 0.3) is 0 Å². The van der Waals surface area contributed by atoms with Crippen molar-refractivity contribution in [3.05, 3.63) is 27.1 Å². The van der Waals surface area contributed by atoms with Gasteiger partial charge in [0.05, 0.1) is 11.5 Å². The van der Waals surface area contributed by atoms with E-state index in [1.165, 1.54) is 6.07 Å². The summed E-state index contributed by atoms with van der Waals surface area (Å²) in [5, 5.41) is 16.3. The Morgan fingerprint density at radius 1 is 1.32 bits per heavy atom. The standard InChI is InChI=1S/C11H18Cl2N3O4PS/c1-8(5-12)14-21(19,15-9(2)6-13)20-7-10-3-4-11(22-10)16(17)18/h3-4,8-9H,5-7H2,1-2H3,(H2,14,15,19)/t8-,9-/m0/s1. The van der Waals surface area contributed by atoms with Gasteiger partial charge < -0.3 is 4.52 Å². The summed E-state index contributed by atoms with van der Waals surface area (Å²) in [4.78, 5) is 10.8. The molecule has 0 aliphatic carbocycles. The van der Waals surface area contributed by atoms with Gasteiger partial charge in [0.15, 0.2) is 0 Å². The Kier molecular flexibility index (Phi) is 8.27. The lowest BCUT2D eigenvalue weighted by Gasteiger charge is -2.25. The van der Waals surface area contributed by atoms with Crippen LogP contribution in [0.4, 0.5) is 5.00 Å². The van der Waals surface area contributed by atoms with E-state index in [4.69, 9.17) is 27.7 Å². The summed E-state index contributed by atoms with van der Waals surface area (Å²) in [5.41, 5.74) is 0. The first-order valence-corrected chi connectivity index (χ1v) is 9.96. The molecular weight excluding hydrogens is 372 g/mol. The number of halogens is 2. The van der Waals surface area contributed by atoms with Gasteiger partial charge in [0, 0.05) is 34.8 Å². The lowest BCUT2D eigenvalue weighted by Crippen LogP contribution is -2.36. The lowest BCUT2D eigenvalue weighted by atomic mass is 10.4. The van der Waals surface area contributed by atoms with E-state index in [9.17, 15) is 14.7 Å². The fourth-order valence-electron chi connectivity index (χ4n) is 1.46. The van der Waals surface area contributed by atoms with Gasteiger partial charge in [-0.3, -0.25) is 14.7 Å². The number of nitro groups is 1. The summed E-state index contributed by atoms with van der Waals surface area (Å²) in [6, 6.07) is 2.49. The Hall–Kier alpha value is -0.210. The molecule has 0 fully saturated rings. The monoisotopic (exact) mass is 389 g/mol. The lowest BCUT2D eigenvalue weighted by molar-refractivity contribution is -0.380. The number of nitrogens with zero attached hydrogens (tertiary/aromatic N) is 1. The maximum absolute atomic E-state index is 12.8. The first kappa shape index (κ1) is 19.8. The Balaban J connectivity index is 2.74. The van der Waals surface area contributed by atoms with Crippen LogP contribution in [0.3, 0.4) is 0 Å². The van der Waals surface area contributed by atoms with Crippen LogP contribution in [0.5, 0.6) is 0 Å². The molecule has 11 heteroatoms. The summed E-state index contributed by atoms with van der Waals surface area (Å²) in [5.74, 6) is 0.517. The van der Waals surface area contributed by atoms with Crippen LogP contribution in [0.15, 0.2) is 12.1 Å². The molecule has 1 aromatic heterocycles. The van der Waals surface area contributed by atoms with Crippen LogP contribution in [0.2, 0.25) is 0 Å². The van der Waals surface area contributed by atoms with E-state index in [-0.39, 0.29) is 35.5 Å². The number of hydrogen-bond donors (Lipinski definition) is 2. The third kappa shape index (κ3) is 6.50. The second kappa shape index (κ2) is 9.17. The van der Waals surface area contributed by atoms with E-state index in [0.717, 1.165) is 11.3 Å². The number of hydrogen-bond acceptors (Lipinski definition) is 5. The predicted molar refractivity (Wildman–Crippen MR) is 90.0 cm³/mol. The molecule has 22 heavy (non-hydrogen) atoms. The summed E-state index contributed by atoms with van der Waals surface area (Å²) >= 11 is 12.4. The van der Waals surface area contributed by atoms with Crippen molar-refractivity contribution in [3.63, 3.8) is 0 Å². The molecule has 2 atom stereocenters. The van der Waals surface area contributed by atoms with E-state index < -0.39 is 12.6 Å². The molecule has 0 amide bonds. The van der Waals surface area contributed by atoms with E-state index in [1.54, 1.807) is 19.9 Å². The molecule has 126 valence electrons. The number of nitrogens with one attached hydrogen (secondary N) is 2. The van der Waals surface area contributed by atoms with Gasteiger partial charge in [-0.2, -0.15) is 0 Å². The normalized spacial score (nSPS) is 14.7. The maximum Gasteiger partial charge on any atom is 0.341 e. The highest BCUT2D eigenvalue weighted by Crippen LogP contribution is 2.41. The highest BCUT2D eigenvalue weighted by Gasteiger charge is 2.27. The average Bonchev–Trinajstić information content (AvgIpc) is 2.94. The minimum atomic E-state index is -3.38. The van der Waals surface area contributed by atoms with E-state index in [1.807, 2.05) is 0 Å². The molecule has 0 aromatic carbocycles. The van der Waals surface area contributed by atoms with Crippen LogP contribution in [-0.4, -0.2) is 28.8 Å². The van der Waals surface area contributed by atoms with Gasteiger partial charge in [0.1, 0.15) is 0 Å². The van der Waals surface area contributed by atoms with Gasteiger partial charge in [-0.15, -0.1) is 23.2 Å². The van der Waals surface area contributed by atoms with Crippen molar-refractivity contribution >= 4 is 47.2 Å². The first-order chi connectivity index (χ1) is 10.3. The quantitative estimate of drug-likeness (QED) is 0.274. The molecule has 0 saturated heterocycles. The molecule has 7 nitrogen and oxygen atoms in total. The number of alkyl halides is 2. The van der Waals surface area contributed by atoms with E-state index in [0.29, 0.717) is 4.88 Å². The van der Waals surface area contributed by atoms with Crippen molar-refractivity contribution < 1.29 is 14.0 Å². The molecule has 0 unspecified atom stereocenters. The van der Waals surface area contributed by atoms with Crippen LogP contribution >= 0.6 is 42.2 Å². The largest absolute Gasteiger partial charge is 0.341 e. The highest BCUT2D eigenvalue weighted by atomic mass is 35.5. The van der Waals surface area contributed by atoms with Crippen molar-refractivity contribution in [1.82, 2.24) is 10.2 Å². The molecule has 1 aromatic rings. The van der Waals surface area contributed by atoms with E-state index >= 15 is 0 Å². The molecule has 1 heterocycles. The molecule has 0 aliphatic heterocycles. The third-order valence-corrected chi connectivity index (χ3v) is 6.45. The molecular formula is C11H18Cl2N3O4PS. The summed E-state index contributed by atoms with van der Waals surface area (Å²) in [6.07, 6.45) is 0. The van der Waals surface area contributed by atoms with Gasteiger partial charge in [-0.1, -0.05) is 11.3 Å². The van der Waals surface area contributed by atoms with Gasteiger partial charge >= 0.3 is 12.7 Å². The van der Waals surface area contributed by atoms with Crippen LogP contribution in [0.1, 0.15) is 18.7 Å². The number of thiophene rings is 1.